The van der Waals surface area contributed by atoms with E-state index < -0.39 is 0 Å². The summed E-state index contributed by atoms with van der Waals surface area (Å²) in [5.74, 6) is 0. The van der Waals surface area contributed by atoms with Crippen LogP contribution in [0.4, 0.5) is 0 Å². The Bertz CT molecular complexity index is 226. The zero-order valence-electron chi connectivity index (χ0n) is 12.9. The lowest BCUT2D eigenvalue weighted by molar-refractivity contribution is 0.0143. The molecule has 1 atom stereocenters. The van der Waals surface area contributed by atoms with Crippen LogP contribution in [0.25, 0.3) is 0 Å². The minimum Gasteiger partial charge on any atom is -0.379 e. The van der Waals surface area contributed by atoms with Crippen molar-refractivity contribution in [1.82, 2.24) is 0 Å². The van der Waals surface area contributed by atoms with Crippen LogP contribution in [-0.2, 0) is 14.2 Å². The first-order valence-corrected chi connectivity index (χ1v) is 8.91. The van der Waals surface area contributed by atoms with Crippen LogP contribution in [0.5, 0.6) is 0 Å². The van der Waals surface area contributed by atoms with E-state index in [1.54, 1.807) is 0 Å². The van der Waals surface area contributed by atoms with Gasteiger partial charge in [-0.3, -0.25) is 0 Å². The smallest absolute Gasteiger partial charge is 0.0701 e. The normalized spacial score (nSPS) is 17.9. The molecule has 118 valence electrons. The summed E-state index contributed by atoms with van der Waals surface area (Å²) in [6.45, 7) is 6.68. The first-order chi connectivity index (χ1) is 9.93. The lowest BCUT2D eigenvalue weighted by Gasteiger charge is -2.10. The van der Waals surface area contributed by atoms with Crippen LogP contribution in [0.15, 0.2) is 11.5 Å². The van der Waals surface area contributed by atoms with Gasteiger partial charge in [0.1, 0.15) is 0 Å². The number of ether oxygens (including phenoxy) is 3. The molecule has 0 amide bonds. The molecule has 1 rings (SSSR count). The van der Waals surface area contributed by atoms with Crippen LogP contribution in [0, 0.1) is 0 Å². The van der Waals surface area contributed by atoms with Gasteiger partial charge in [0.15, 0.2) is 0 Å². The fraction of sp³-hybridized carbons (Fsp3) is 0.875. The number of thioether (sulfide) groups is 1. The Morgan fingerprint density at radius 1 is 0.900 bits per heavy atom. The Hall–Kier alpha value is -0.0300. The first kappa shape index (κ1) is 18.0. The Kier molecular flexibility index (Phi) is 12.6. The summed E-state index contributed by atoms with van der Waals surface area (Å²) in [6.07, 6.45) is 9.78. The lowest BCUT2D eigenvalue weighted by atomic mass is 10.2. The third-order valence-electron chi connectivity index (χ3n) is 3.21. The SMILES string of the molecule is CCCCCCCOCCOCCOCC1CC=CS1. The van der Waals surface area contributed by atoms with Gasteiger partial charge in [0.25, 0.3) is 0 Å². The number of unbranched alkanes of at least 4 members (excludes halogenated alkanes) is 4. The third kappa shape index (κ3) is 10.7. The summed E-state index contributed by atoms with van der Waals surface area (Å²) in [7, 11) is 0. The van der Waals surface area contributed by atoms with Crippen molar-refractivity contribution < 1.29 is 14.2 Å². The summed E-state index contributed by atoms with van der Waals surface area (Å²) in [4.78, 5) is 0. The van der Waals surface area contributed by atoms with Crippen LogP contribution in [0.1, 0.15) is 45.4 Å². The molecule has 0 spiro atoms. The molecule has 0 radical (unpaired) electrons. The predicted molar refractivity (Wildman–Crippen MR) is 86.4 cm³/mol. The minimum absolute atomic E-state index is 0.617. The summed E-state index contributed by atoms with van der Waals surface area (Å²) in [6, 6.07) is 0. The van der Waals surface area contributed by atoms with Gasteiger partial charge < -0.3 is 14.2 Å². The van der Waals surface area contributed by atoms with Gasteiger partial charge in [-0.15, -0.1) is 11.8 Å². The maximum Gasteiger partial charge on any atom is 0.0701 e. The molecule has 1 unspecified atom stereocenters. The molecule has 0 aliphatic carbocycles. The molecule has 0 aromatic rings. The van der Waals surface area contributed by atoms with E-state index in [1.165, 1.54) is 32.1 Å². The topological polar surface area (TPSA) is 27.7 Å². The first-order valence-electron chi connectivity index (χ1n) is 7.97. The second-order valence-corrected chi connectivity index (χ2v) is 6.29. The van der Waals surface area contributed by atoms with Crippen LogP contribution in [0.2, 0.25) is 0 Å². The van der Waals surface area contributed by atoms with E-state index in [0.29, 0.717) is 31.7 Å². The number of hydrogen-bond acceptors (Lipinski definition) is 4. The molecule has 0 saturated carbocycles. The standard InChI is InChI=1S/C16H30O3S/c1-2-3-4-5-6-9-17-10-11-18-12-13-19-15-16-8-7-14-20-16/h7,14,16H,2-6,8-13,15H2,1H3. The van der Waals surface area contributed by atoms with Crippen molar-refractivity contribution in [1.29, 1.82) is 0 Å². The molecule has 0 aromatic carbocycles. The maximum atomic E-state index is 5.57. The lowest BCUT2D eigenvalue weighted by Crippen LogP contribution is -2.14. The third-order valence-corrected chi connectivity index (χ3v) is 4.27. The van der Waals surface area contributed by atoms with Gasteiger partial charge in [-0.1, -0.05) is 38.7 Å². The van der Waals surface area contributed by atoms with E-state index in [4.69, 9.17) is 14.2 Å². The van der Waals surface area contributed by atoms with Crippen molar-refractivity contribution in [2.75, 3.05) is 39.6 Å². The van der Waals surface area contributed by atoms with Crippen molar-refractivity contribution >= 4 is 11.8 Å². The highest BCUT2D eigenvalue weighted by Gasteiger charge is 2.10. The molecule has 0 N–H and O–H groups in total. The zero-order chi connectivity index (χ0) is 14.3. The van der Waals surface area contributed by atoms with Gasteiger partial charge >= 0.3 is 0 Å². The molecule has 20 heavy (non-hydrogen) atoms. The van der Waals surface area contributed by atoms with E-state index in [2.05, 4.69) is 18.4 Å². The average molecular weight is 302 g/mol. The summed E-state index contributed by atoms with van der Waals surface area (Å²) in [5, 5.41) is 2.77. The molecule has 0 fully saturated rings. The molecule has 0 saturated heterocycles. The van der Waals surface area contributed by atoms with Gasteiger partial charge in [-0.25, -0.2) is 0 Å². The predicted octanol–water partition coefficient (Wildman–Crippen LogP) is 4.03. The second kappa shape index (κ2) is 13.9. The summed E-state index contributed by atoms with van der Waals surface area (Å²) >= 11 is 1.86. The molecule has 3 nitrogen and oxygen atoms in total. The van der Waals surface area contributed by atoms with Crippen molar-refractivity contribution in [3.63, 3.8) is 0 Å². The minimum atomic E-state index is 0.617. The monoisotopic (exact) mass is 302 g/mol. The molecule has 0 aromatic heterocycles. The van der Waals surface area contributed by atoms with Gasteiger partial charge in [-0.2, -0.15) is 0 Å². The second-order valence-electron chi connectivity index (χ2n) is 5.08. The summed E-state index contributed by atoms with van der Waals surface area (Å²) in [5.41, 5.74) is 0. The zero-order valence-corrected chi connectivity index (χ0v) is 13.7. The number of hydrogen-bond donors (Lipinski definition) is 0. The molecule has 1 aliphatic heterocycles. The van der Waals surface area contributed by atoms with Crippen molar-refractivity contribution in [2.24, 2.45) is 0 Å². The Morgan fingerprint density at radius 2 is 1.60 bits per heavy atom. The molecule has 0 bridgehead atoms. The Morgan fingerprint density at radius 3 is 2.30 bits per heavy atom. The van der Waals surface area contributed by atoms with Crippen molar-refractivity contribution in [2.45, 2.75) is 50.7 Å². The van der Waals surface area contributed by atoms with Gasteiger partial charge in [0.05, 0.1) is 33.0 Å². The fourth-order valence-electron chi connectivity index (χ4n) is 2.00. The Balaban J connectivity index is 1.66. The fourth-order valence-corrected chi connectivity index (χ4v) is 2.84. The van der Waals surface area contributed by atoms with E-state index >= 15 is 0 Å². The van der Waals surface area contributed by atoms with E-state index in [1.807, 2.05) is 11.8 Å². The van der Waals surface area contributed by atoms with Gasteiger partial charge in [-0.05, 0) is 18.2 Å². The van der Waals surface area contributed by atoms with Crippen LogP contribution in [-0.4, -0.2) is 44.9 Å². The Labute approximate surface area is 128 Å². The van der Waals surface area contributed by atoms with Crippen LogP contribution in [0.3, 0.4) is 0 Å². The highest BCUT2D eigenvalue weighted by atomic mass is 32.2. The largest absolute Gasteiger partial charge is 0.379 e. The van der Waals surface area contributed by atoms with Crippen LogP contribution >= 0.6 is 11.8 Å². The molecule has 4 heteroatoms. The quantitative estimate of drug-likeness (QED) is 0.453. The number of allylic oxidation sites excluding steroid dienone is 1. The maximum absolute atomic E-state index is 5.57. The van der Waals surface area contributed by atoms with Gasteiger partial charge in [0, 0.05) is 11.9 Å². The highest BCUT2D eigenvalue weighted by Crippen LogP contribution is 2.23. The average Bonchev–Trinajstić information content (AvgIpc) is 2.97. The van der Waals surface area contributed by atoms with E-state index in [-0.39, 0.29) is 0 Å². The van der Waals surface area contributed by atoms with E-state index in [9.17, 15) is 0 Å². The van der Waals surface area contributed by atoms with Crippen LogP contribution < -0.4 is 0 Å². The van der Waals surface area contributed by atoms with Gasteiger partial charge in [0.2, 0.25) is 0 Å². The summed E-state index contributed by atoms with van der Waals surface area (Å²) < 4.78 is 16.6. The van der Waals surface area contributed by atoms with Crippen molar-refractivity contribution in [3.8, 4) is 0 Å². The van der Waals surface area contributed by atoms with Crippen molar-refractivity contribution in [3.05, 3.63) is 11.5 Å². The number of rotatable bonds is 14. The highest BCUT2D eigenvalue weighted by molar-refractivity contribution is 8.03. The van der Waals surface area contributed by atoms with E-state index in [0.717, 1.165) is 19.6 Å². The molecule has 1 heterocycles. The molecule has 1 aliphatic rings. The molecular formula is C16H30O3S. The molecular weight excluding hydrogens is 272 g/mol.